The Labute approximate surface area is 164 Å². The van der Waals surface area contributed by atoms with Crippen molar-refractivity contribution in [1.29, 1.82) is 0 Å². The highest BCUT2D eigenvalue weighted by atomic mass is 32.1. The van der Waals surface area contributed by atoms with Crippen LogP contribution in [0.4, 0.5) is 5.13 Å². The number of nitrogens with zero attached hydrogens (tertiary/aromatic N) is 4. The van der Waals surface area contributed by atoms with Crippen LogP contribution in [0.1, 0.15) is 12.3 Å². The minimum absolute atomic E-state index is 0.0751. The monoisotopic (exact) mass is 398 g/mol. The van der Waals surface area contributed by atoms with E-state index >= 15 is 0 Å². The molecular formula is C19H18N4O4S. The van der Waals surface area contributed by atoms with E-state index in [1.807, 2.05) is 24.3 Å². The van der Waals surface area contributed by atoms with Gasteiger partial charge in [-0.15, -0.1) is 0 Å². The van der Waals surface area contributed by atoms with E-state index in [2.05, 4.69) is 15.1 Å². The van der Waals surface area contributed by atoms with Crippen molar-refractivity contribution in [2.45, 2.75) is 12.8 Å². The normalized spacial score (nSPS) is 11.2. The second kappa shape index (κ2) is 8.32. The summed E-state index contributed by atoms with van der Waals surface area (Å²) in [5.74, 6) is 1.21. The van der Waals surface area contributed by atoms with Gasteiger partial charge in [-0.2, -0.15) is 4.98 Å². The predicted octanol–water partition coefficient (Wildman–Crippen LogP) is 3.55. The van der Waals surface area contributed by atoms with Crippen LogP contribution in [0.2, 0.25) is 0 Å². The van der Waals surface area contributed by atoms with Gasteiger partial charge >= 0.3 is 0 Å². The van der Waals surface area contributed by atoms with Crippen LogP contribution in [-0.4, -0.2) is 41.3 Å². The number of fused-ring (bicyclic) bond motifs is 1. The molecule has 0 radical (unpaired) electrons. The van der Waals surface area contributed by atoms with Gasteiger partial charge in [-0.1, -0.05) is 28.6 Å². The number of furan rings is 1. The van der Waals surface area contributed by atoms with Crippen LogP contribution in [-0.2, 0) is 16.0 Å². The Kier molecular flexibility index (Phi) is 5.45. The van der Waals surface area contributed by atoms with Crippen LogP contribution >= 0.6 is 11.3 Å². The maximum atomic E-state index is 12.9. The molecule has 3 aromatic heterocycles. The number of aryl methyl sites for hydroxylation is 1. The first-order chi connectivity index (χ1) is 13.7. The average molecular weight is 398 g/mol. The van der Waals surface area contributed by atoms with Gasteiger partial charge in [-0.3, -0.25) is 9.69 Å². The van der Waals surface area contributed by atoms with E-state index in [4.69, 9.17) is 13.7 Å². The van der Waals surface area contributed by atoms with Crippen molar-refractivity contribution in [3.63, 3.8) is 0 Å². The van der Waals surface area contributed by atoms with Crippen LogP contribution in [0.15, 0.2) is 51.6 Å². The molecule has 0 atom stereocenters. The minimum atomic E-state index is -0.0751. The zero-order chi connectivity index (χ0) is 19.3. The number of amides is 1. The highest BCUT2D eigenvalue weighted by Crippen LogP contribution is 2.29. The lowest BCUT2D eigenvalue weighted by Gasteiger charge is -2.19. The fourth-order valence-corrected chi connectivity index (χ4v) is 3.71. The zero-order valence-electron chi connectivity index (χ0n) is 15.2. The number of hydrogen-bond acceptors (Lipinski definition) is 8. The quantitative estimate of drug-likeness (QED) is 0.448. The lowest BCUT2D eigenvalue weighted by atomic mass is 10.2. The molecule has 0 fully saturated rings. The average Bonchev–Trinajstić information content (AvgIpc) is 3.46. The standard InChI is InChI=1S/C19H18N4O4S/c1-25-12-10-23(19-20-13-5-2-3-7-15(13)28-19)17(24)9-8-16-21-18(22-27-16)14-6-4-11-26-14/h2-7,11H,8-10,12H2,1H3. The molecule has 0 aliphatic rings. The van der Waals surface area contributed by atoms with Crippen LogP contribution in [0.3, 0.4) is 0 Å². The molecule has 28 heavy (non-hydrogen) atoms. The molecule has 9 heteroatoms. The Morgan fingerprint density at radius 3 is 2.89 bits per heavy atom. The summed E-state index contributed by atoms with van der Waals surface area (Å²) in [6.07, 6.45) is 2.10. The number of hydrogen-bond donors (Lipinski definition) is 0. The van der Waals surface area contributed by atoms with Crippen molar-refractivity contribution in [3.8, 4) is 11.6 Å². The third-order valence-corrected chi connectivity index (χ3v) is 5.16. The number of carbonyl (C=O) groups excluding carboxylic acids is 1. The molecule has 8 nitrogen and oxygen atoms in total. The third kappa shape index (κ3) is 3.95. The zero-order valence-corrected chi connectivity index (χ0v) is 16.0. The summed E-state index contributed by atoms with van der Waals surface area (Å²) in [5, 5.41) is 4.54. The summed E-state index contributed by atoms with van der Waals surface area (Å²) >= 11 is 1.48. The third-order valence-electron chi connectivity index (χ3n) is 4.10. The number of aromatic nitrogens is 3. The molecule has 0 spiro atoms. The van der Waals surface area contributed by atoms with Gasteiger partial charge in [-0.05, 0) is 24.3 Å². The van der Waals surface area contributed by atoms with Crippen molar-refractivity contribution in [2.24, 2.45) is 0 Å². The van der Waals surface area contributed by atoms with Crippen molar-refractivity contribution in [3.05, 3.63) is 48.6 Å². The molecule has 0 aliphatic heterocycles. The van der Waals surface area contributed by atoms with Gasteiger partial charge in [0.2, 0.25) is 17.6 Å². The highest BCUT2D eigenvalue weighted by molar-refractivity contribution is 7.22. The SMILES string of the molecule is COCCN(C(=O)CCc1nc(-c2ccco2)no1)c1nc2ccccc2s1. The van der Waals surface area contributed by atoms with Crippen LogP contribution in [0.5, 0.6) is 0 Å². The first-order valence-electron chi connectivity index (χ1n) is 8.76. The van der Waals surface area contributed by atoms with Gasteiger partial charge in [0.15, 0.2) is 10.9 Å². The molecule has 4 rings (SSSR count). The van der Waals surface area contributed by atoms with Gasteiger partial charge in [0.25, 0.3) is 0 Å². The number of ether oxygens (including phenoxy) is 1. The first-order valence-corrected chi connectivity index (χ1v) is 9.57. The van der Waals surface area contributed by atoms with Crippen LogP contribution in [0.25, 0.3) is 21.8 Å². The maximum absolute atomic E-state index is 12.9. The maximum Gasteiger partial charge on any atom is 0.238 e. The molecule has 1 aromatic carbocycles. The van der Waals surface area contributed by atoms with E-state index in [1.165, 1.54) is 11.3 Å². The van der Waals surface area contributed by atoms with Gasteiger partial charge in [0, 0.05) is 20.0 Å². The molecule has 144 valence electrons. The van der Waals surface area contributed by atoms with Crippen molar-refractivity contribution < 1.29 is 18.5 Å². The Hall–Kier alpha value is -3.04. The summed E-state index contributed by atoms with van der Waals surface area (Å²) < 4.78 is 16.7. The number of rotatable bonds is 8. The van der Waals surface area contributed by atoms with Gasteiger partial charge in [0.1, 0.15) is 0 Å². The molecule has 1 amide bonds. The highest BCUT2D eigenvalue weighted by Gasteiger charge is 2.21. The number of anilines is 1. The minimum Gasteiger partial charge on any atom is -0.461 e. The predicted molar refractivity (Wildman–Crippen MR) is 104 cm³/mol. The fraction of sp³-hybridized carbons (Fsp3) is 0.263. The van der Waals surface area contributed by atoms with E-state index in [9.17, 15) is 4.79 Å². The summed E-state index contributed by atoms with van der Waals surface area (Å²) in [6.45, 7) is 0.849. The summed E-state index contributed by atoms with van der Waals surface area (Å²) in [5.41, 5.74) is 0.873. The van der Waals surface area contributed by atoms with E-state index in [0.717, 1.165) is 10.2 Å². The largest absolute Gasteiger partial charge is 0.461 e. The molecule has 0 N–H and O–H groups in total. The van der Waals surface area contributed by atoms with Crippen molar-refractivity contribution in [1.82, 2.24) is 15.1 Å². The van der Waals surface area contributed by atoms with E-state index in [0.29, 0.717) is 42.2 Å². The molecule has 4 aromatic rings. The first kappa shape index (κ1) is 18.3. The lowest BCUT2D eigenvalue weighted by Crippen LogP contribution is -2.34. The molecule has 0 bridgehead atoms. The summed E-state index contributed by atoms with van der Waals surface area (Å²) in [4.78, 5) is 23.4. The summed E-state index contributed by atoms with van der Waals surface area (Å²) in [7, 11) is 1.61. The smallest absolute Gasteiger partial charge is 0.238 e. The Balaban J connectivity index is 1.46. The number of methoxy groups -OCH3 is 1. The van der Waals surface area contributed by atoms with Crippen LogP contribution < -0.4 is 4.90 Å². The molecule has 0 saturated heterocycles. The van der Waals surface area contributed by atoms with Crippen molar-refractivity contribution >= 4 is 32.6 Å². The molecule has 0 saturated carbocycles. The lowest BCUT2D eigenvalue weighted by molar-refractivity contribution is -0.118. The summed E-state index contributed by atoms with van der Waals surface area (Å²) in [6, 6.07) is 11.3. The van der Waals surface area contributed by atoms with E-state index in [-0.39, 0.29) is 12.3 Å². The molecule has 0 aliphatic carbocycles. The van der Waals surface area contributed by atoms with Crippen LogP contribution in [0, 0.1) is 0 Å². The molecular weight excluding hydrogens is 380 g/mol. The fourth-order valence-electron chi connectivity index (χ4n) is 2.70. The molecule has 0 unspecified atom stereocenters. The number of carbonyl (C=O) groups is 1. The van der Waals surface area contributed by atoms with Gasteiger partial charge < -0.3 is 13.7 Å². The van der Waals surface area contributed by atoms with Gasteiger partial charge in [0.05, 0.1) is 29.6 Å². The van der Waals surface area contributed by atoms with Gasteiger partial charge in [-0.25, -0.2) is 4.98 Å². The Morgan fingerprint density at radius 2 is 2.11 bits per heavy atom. The topological polar surface area (TPSA) is 94.5 Å². The van der Waals surface area contributed by atoms with E-state index in [1.54, 1.807) is 30.4 Å². The van der Waals surface area contributed by atoms with E-state index < -0.39 is 0 Å². The second-order valence-electron chi connectivity index (χ2n) is 5.99. The Bertz CT molecular complexity index is 1020. The number of thiazole rings is 1. The Morgan fingerprint density at radius 1 is 1.21 bits per heavy atom. The van der Waals surface area contributed by atoms with Crippen molar-refractivity contribution in [2.75, 3.05) is 25.2 Å². The molecule has 3 heterocycles. The number of benzene rings is 1. The number of para-hydroxylation sites is 1. The second-order valence-corrected chi connectivity index (χ2v) is 7.00.